The molecule has 0 radical (unpaired) electrons. The number of benzene rings is 4. The minimum absolute atomic E-state index is 0.601. The molecule has 8 heteroatoms. The summed E-state index contributed by atoms with van der Waals surface area (Å²) >= 11 is 0. The average Bonchev–Trinajstić information content (AvgIpc) is 3.45. The quantitative estimate of drug-likeness (QED) is 0.117. The molecule has 0 amide bonds. The Hall–Kier alpha value is -4.09. The van der Waals surface area contributed by atoms with Gasteiger partial charge in [0.25, 0.3) is 17.4 Å². The topological polar surface area (TPSA) is 68.3 Å². The standard InChI is InChI=1S/C12H10OSi.C9H12.2C7H14OSi.C7H8OSi.4C5H10.3C4H10/c13-14(11-7-3-1-4-8-11)12-9-5-2-6-10-12;1-8(2)9-6-4-3-5-7-9;3*1-9(8)7-5-3-2-4-6-7;4*1-4-5(2)3;3*1-4(2)3/h1-10H;3-8H,1-2H3;2*7H,2-6H2,1H3;2-6H,1H3;4*4-5H,1H2,2-3H3;3*4H,1-3H3. The van der Waals surface area contributed by atoms with E-state index in [2.05, 4.69) is 182 Å². The Morgan fingerprint density at radius 1 is 0.341 bits per heavy atom. The van der Waals surface area contributed by atoms with Gasteiger partial charge < -0.3 is 17.8 Å². The van der Waals surface area contributed by atoms with Crippen molar-refractivity contribution < 1.29 is 17.8 Å². The fourth-order valence-corrected chi connectivity index (χ4v) is 10.3. The lowest BCUT2D eigenvalue weighted by atomic mass is 10.0. The Morgan fingerprint density at radius 2 is 0.537 bits per heavy atom. The van der Waals surface area contributed by atoms with Crippen LogP contribution in [0.25, 0.3) is 0 Å². The molecule has 2 fully saturated rings. The largest absolute Gasteiger partial charge is 0.388 e. The zero-order valence-electron chi connectivity index (χ0n) is 57.2. The van der Waals surface area contributed by atoms with Crippen molar-refractivity contribution in [1.82, 2.24) is 0 Å². The van der Waals surface area contributed by atoms with Crippen molar-refractivity contribution in [3.63, 3.8) is 0 Å². The first kappa shape index (κ1) is 89.1. The lowest BCUT2D eigenvalue weighted by Crippen LogP contribution is -2.33. The van der Waals surface area contributed by atoms with Crippen LogP contribution in [0.4, 0.5) is 0 Å². The van der Waals surface area contributed by atoms with E-state index in [1.54, 1.807) is 6.55 Å². The first-order chi connectivity index (χ1) is 38.4. The zero-order valence-corrected chi connectivity index (χ0v) is 61.2. The van der Waals surface area contributed by atoms with E-state index in [4.69, 9.17) is 0 Å². The van der Waals surface area contributed by atoms with Gasteiger partial charge >= 0.3 is 17.4 Å². The summed E-state index contributed by atoms with van der Waals surface area (Å²) < 4.78 is 44.8. The van der Waals surface area contributed by atoms with E-state index in [9.17, 15) is 17.8 Å². The van der Waals surface area contributed by atoms with Gasteiger partial charge in [-0.1, -0.05) is 316 Å². The Labute approximate surface area is 516 Å². The van der Waals surface area contributed by atoms with Crippen molar-refractivity contribution in [2.45, 2.75) is 232 Å². The number of hydrogen-bond donors (Lipinski definition) is 0. The molecular weight excluding hydrogens is 1070 g/mol. The van der Waals surface area contributed by atoms with E-state index in [0.717, 1.165) is 33.3 Å². The Balaban J connectivity index is -0.000000197. The van der Waals surface area contributed by atoms with E-state index < -0.39 is 34.7 Å². The summed E-state index contributed by atoms with van der Waals surface area (Å²) in [5, 5.41) is 2.80. The first-order valence-corrected chi connectivity index (χ1v) is 38.4. The van der Waals surface area contributed by atoms with Crippen molar-refractivity contribution in [2.75, 3.05) is 0 Å². The van der Waals surface area contributed by atoms with Crippen LogP contribution in [0, 0.1) is 41.4 Å². The van der Waals surface area contributed by atoms with Gasteiger partial charge in [0, 0.05) is 21.5 Å². The highest BCUT2D eigenvalue weighted by Crippen LogP contribution is 2.29. The highest BCUT2D eigenvalue weighted by Gasteiger charge is 2.19. The summed E-state index contributed by atoms with van der Waals surface area (Å²) in [5.74, 6) is 5.75. The highest BCUT2D eigenvalue weighted by molar-refractivity contribution is 6.72. The van der Waals surface area contributed by atoms with E-state index in [1.165, 1.54) is 69.8 Å². The Morgan fingerprint density at radius 3 is 0.671 bits per heavy atom. The van der Waals surface area contributed by atoms with Gasteiger partial charge in [0.05, 0.1) is 0 Å². The third-order valence-corrected chi connectivity index (χ3v) is 17.3. The second kappa shape index (κ2) is 62.9. The molecule has 4 aromatic rings. The molecule has 0 aromatic heterocycles. The molecule has 4 nitrogen and oxygen atoms in total. The Kier molecular flexibility index (Phi) is 68.4. The number of rotatable bonds is 10. The average molecular weight is 1190 g/mol. The van der Waals surface area contributed by atoms with Crippen LogP contribution in [0.5, 0.6) is 0 Å². The SMILES string of the molecule is C=CC(C)C.C=CC(C)C.C=CC(C)C.C=CC(C)C.CC(C)C.CC(C)C.CC(C)C.CC(C)c1ccccc1.C[Si](=O)C1CCCCC1.C[Si](=O)C1CCCCC1.C[Si](=O)c1ccccc1.O=[Si](c1ccccc1)c1ccccc1. The maximum absolute atomic E-state index is 12.0. The van der Waals surface area contributed by atoms with E-state index in [0.29, 0.717) is 40.7 Å². The smallest absolute Gasteiger partial charge is 0.346 e. The van der Waals surface area contributed by atoms with Gasteiger partial charge in [-0.3, -0.25) is 0 Å². The molecule has 82 heavy (non-hydrogen) atoms. The van der Waals surface area contributed by atoms with Crippen LogP contribution >= 0.6 is 0 Å². The molecule has 6 rings (SSSR count). The van der Waals surface area contributed by atoms with Crippen LogP contribution in [-0.2, 0) is 17.8 Å². The van der Waals surface area contributed by atoms with Crippen LogP contribution in [0.3, 0.4) is 0 Å². The molecule has 0 spiro atoms. The maximum Gasteiger partial charge on any atom is 0.346 e. The molecule has 0 saturated heterocycles. The van der Waals surface area contributed by atoms with Gasteiger partial charge in [-0.15, -0.1) is 26.3 Å². The summed E-state index contributed by atoms with van der Waals surface area (Å²) in [7, 11) is -5.63. The van der Waals surface area contributed by atoms with Crippen LogP contribution < -0.4 is 15.6 Å². The molecule has 0 atom stereocenters. The zero-order chi connectivity index (χ0) is 64.4. The van der Waals surface area contributed by atoms with Crippen LogP contribution in [0.2, 0.25) is 30.7 Å². The molecular formula is C74H128O4Si4. The Bertz CT molecular complexity index is 1930. The molecule has 0 N–H and O–H groups in total. The van der Waals surface area contributed by atoms with Crippen LogP contribution in [0.1, 0.15) is 207 Å². The van der Waals surface area contributed by atoms with Crippen molar-refractivity contribution in [3.05, 3.63) is 178 Å². The molecule has 0 bridgehead atoms. The van der Waals surface area contributed by atoms with Gasteiger partial charge in [0.2, 0.25) is 0 Å². The maximum atomic E-state index is 12.0. The predicted octanol–water partition coefficient (Wildman–Crippen LogP) is 22.0. The fourth-order valence-electron chi connectivity index (χ4n) is 5.87. The minimum Gasteiger partial charge on any atom is -0.388 e. The minimum atomic E-state index is -1.79. The van der Waals surface area contributed by atoms with Crippen molar-refractivity contribution >= 4 is 50.3 Å². The van der Waals surface area contributed by atoms with Gasteiger partial charge in [-0.25, -0.2) is 0 Å². The second-order valence-electron chi connectivity index (χ2n) is 24.6. The summed E-state index contributed by atoms with van der Waals surface area (Å²) in [6, 6.07) is 39.2. The molecule has 0 heterocycles. The van der Waals surface area contributed by atoms with Crippen molar-refractivity contribution in [2.24, 2.45) is 41.4 Å². The summed E-state index contributed by atoms with van der Waals surface area (Å²) in [6.07, 6.45) is 20.6. The molecule has 2 aliphatic rings. The monoisotopic (exact) mass is 1190 g/mol. The molecule has 0 unspecified atom stereocenters. The third kappa shape index (κ3) is 73.9. The summed E-state index contributed by atoms with van der Waals surface area (Å²) in [6.45, 7) is 60.5. The van der Waals surface area contributed by atoms with Crippen LogP contribution in [0.15, 0.2) is 172 Å². The normalized spacial score (nSPS) is 12.0. The molecule has 4 aromatic carbocycles. The lowest BCUT2D eigenvalue weighted by Gasteiger charge is -2.17. The van der Waals surface area contributed by atoms with Gasteiger partial charge in [0.15, 0.2) is 0 Å². The number of allylic oxidation sites excluding steroid dienone is 4. The fraction of sp³-hybridized carbons (Fsp3) is 0.568. The lowest BCUT2D eigenvalue weighted by molar-refractivity contribution is 0.467. The van der Waals surface area contributed by atoms with E-state index in [1.807, 2.05) is 134 Å². The predicted molar refractivity (Wildman–Crippen MR) is 377 cm³/mol. The first-order valence-electron chi connectivity index (χ1n) is 31.1. The molecule has 0 aliphatic heterocycles. The summed E-state index contributed by atoms with van der Waals surface area (Å²) in [5.41, 5.74) is 2.62. The molecule has 2 saturated carbocycles. The van der Waals surface area contributed by atoms with Gasteiger partial charge in [0.1, 0.15) is 0 Å². The van der Waals surface area contributed by atoms with E-state index in [-0.39, 0.29) is 0 Å². The summed E-state index contributed by atoms with van der Waals surface area (Å²) in [4.78, 5) is 0. The van der Waals surface area contributed by atoms with Crippen LogP contribution in [-0.4, -0.2) is 34.7 Å². The van der Waals surface area contributed by atoms with Gasteiger partial charge in [-0.05, 0) is 103 Å². The van der Waals surface area contributed by atoms with E-state index >= 15 is 0 Å². The third-order valence-electron chi connectivity index (χ3n) is 11.0. The van der Waals surface area contributed by atoms with Gasteiger partial charge in [-0.2, -0.15) is 0 Å². The van der Waals surface area contributed by atoms with Crippen molar-refractivity contribution in [1.29, 1.82) is 0 Å². The van der Waals surface area contributed by atoms with Crippen molar-refractivity contribution in [3.8, 4) is 0 Å². The molecule has 2 aliphatic carbocycles. The highest BCUT2D eigenvalue weighted by atomic mass is 28.3. The molecule has 464 valence electrons. The second-order valence-corrected chi connectivity index (χ2v) is 32.1. The number of hydrogen-bond acceptors (Lipinski definition) is 4.